The molecule has 0 aliphatic carbocycles. The zero-order valence-electron chi connectivity index (χ0n) is 17.4. The van der Waals surface area contributed by atoms with E-state index in [-0.39, 0.29) is 32.9 Å². The summed E-state index contributed by atoms with van der Waals surface area (Å²) >= 11 is 5.96. The van der Waals surface area contributed by atoms with Crippen LogP contribution in [0.1, 0.15) is 5.56 Å². The summed E-state index contributed by atoms with van der Waals surface area (Å²) in [6.45, 7) is 3.44. The number of dihydropyridines is 1. The molecule has 1 aromatic heterocycles. The highest BCUT2D eigenvalue weighted by molar-refractivity contribution is 7.86. The topological polar surface area (TPSA) is 97.5 Å². The number of anilines is 1. The van der Waals surface area contributed by atoms with Gasteiger partial charge in [-0.05, 0) is 24.9 Å². The van der Waals surface area contributed by atoms with Crippen molar-refractivity contribution in [2.45, 2.75) is 4.90 Å². The van der Waals surface area contributed by atoms with Gasteiger partial charge in [-0.15, -0.1) is 0 Å². The first-order valence-corrected chi connectivity index (χ1v) is 10.6. The first kappa shape index (κ1) is 23.3. The van der Waals surface area contributed by atoms with Crippen LogP contribution < -0.4 is 9.46 Å². The van der Waals surface area contributed by atoms with E-state index in [4.69, 9.17) is 21.1 Å². The van der Waals surface area contributed by atoms with E-state index in [1.165, 1.54) is 38.7 Å². The second-order valence-electron chi connectivity index (χ2n) is 6.19. The summed E-state index contributed by atoms with van der Waals surface area (Å²) in [7, 11) is 2.48. The van der Waals surface area contributed by atoms with Crippen molar-refractivity contribution in [2.75, 3.05) is 26.0 Å². The molecule has 0 bridgehead atoms. The van der Waals surface area contributed by atoms with Crippen molar-refractivity contribution in [1.29, 1.82) is 0 Å². The van der Waals surface area contributed by atoms with Crippen LogP contribution in [-0.4, -0.2) is 48.9 Å². The Morgan fingerprint density at radius 1 is 1.31 bits per heavy atom. The van der Waals surface area contributed by atoms with Gasteiger partial charge >= 0.3 is 0 Å². The molecule has 11 heteroatoms. The highest BCUT2D eigenvalue weighted by atomic mass is 35.5. The molecular weight excluding hydrogens is 457 g/mol. The van der Waals surface area contributed by atoms with E-state index in [2.05, 4.69) is 31.4 Å². The van der Waals surface area contributed by atoms with E-state index in [0.29, 0.717) is 17.0 Å². The van der Waals surface area contributed by atoms with Gasteiger partial charge in [0.15, 0.2) is 22.6 Å². The van der Waals surface area contributed by atoms with Gasteiger partial charge in [0.2, 0.25) is 11.8 Å². The van der Waals surface area contributed by atoms with Crippen LogP contribution in [0.4, 0.5) is 10.1 Å². The van der Waals surface area contributed by atoms with Crippen molar-refractivity contribution in [3.63, 3.8) is 0 Å². The summed E-state index contributed by atoms with van der Waals surface area (Å²) < 4.78 is 41.5. The van der Waals surface area contributed by atoms with Gasteiger partial charge in [0.1, 0.15) is 4.90 Å². The standard InChI is InChI=1S/C21H19ClFN5O3S/c1-24-10-12-8-15(20(30-3)27-19(12)25-2)14-6-5-7-16(18(14)23)28-32(29)17-9-13(22)11-26-21(17)31-4/h5-11,28H,1H2,2-4H3/b12-10-,25-19?. The molecule has 1 aliphatic rings. The quantitative estimate of drug-likeness (QED) is 0.637. The third-order valence-corrected chi connectivity index (χ3v) is 5.60. The zero-order chi connectivity index (χ0) is 23.3. The van der Waals surface area contributed by atoms with Crippen LogP contribution in [0.15, 0.2) is 68.2 Å². The van der Waals surface area contributed by atoms with Crippen LogP contribution in [0.2, 0.25) is 5.02 Å². The molecule has 2 heterocycles. The lowest BCUT2D eigenvalue weighted by Crippen LogP contribution is -2.17. The molecule has 0 amide bonds. The van der Waals surface area contributed by atoms with Crippen molar-refractivity contribution >= 4 is 52.3 Å². The fourth-order valence-electron chi connectivity index (χ4n) is 2.89. The minimum absolute atomic E-state index is 0.0125. The SMILES string of the molecule is C=N/C=C1/C=C(c2cccc(NS(=O)c3cc(Cl)cnc3OC)c2F)C(OC)=NC1=NC. The minimum Gasteiger partial charge on any atom is -0.480 e. The van der Waals surface area contributed by atoms with Crippen molar-refractivity contribution in [2.24, 2.45) is 15.0 Å². The number of rotatable bonds is 6. The Morgan fingerprint density at radius 3 is 2.75 bits per heavy atom. The number of nitrogens with zero attached hydrogens (tertiary/aromatic N) is 4. The Morgan fingerprint density at radius 2 is 2.09 bits per heavy atom. The lowest BCUT2D eigenvalue weighted by atomic mass is 9.99. The van der Waals surface area contributed by atoms with Gasteiger partial charge < -0.3 is 9.47 Å². The number of nitrogens with one attached hydrogen (secondary N) is 1. The van der Waals surface area contributed by atoms with E-state index in [0.717, 1.165) is 0 Å². The normalized spacial score (nSPS) is 16.9. The number of ether oxygens (including phenoxy) is 2. The van der Waals surface area contributed by atoms with E-state index >= 15 is 4.39 Å². The van der Waals surface area contributed by atoms with Gasteiger partial charge in [0, 0.05) is 36.2 Å². The van der Waals surface area contributed by atoms with Crippen molar-refractivity contribution in [3.05, 3.63) is 64.7 Å². The Balaban J connectivity index is 2.03. The third-order valence-electron chi connectivity index (χ3n) is 4.30. The molecule has 0 fully saturated rings. The highest BCUT2D eigenvalue weighted by Gasteiger charge is 2.24. The van der Waals surface area contributed by atoms with Crippen LogP contribution in [-0.2, 0) is 15.7 Å². The van der Waals surface area contributed by atoms with Crippen LogP contribution in [0, 0.1) is 5.82 Å². The summed E-state index contributed by atoms with van der Waals surface area (Å²) in [5, 5.41) is 0.266. The van der Waals surface area contributed by atoms with Crippen molar-refractivity contribution in [1.82, 2.24) is 4.98 Å². The van der Waals surface area contributed by atoms with E-state index in [1.54, 1.807) is 25.3 Å². The molecule has 166 valence electrons. The second kappa shape index (κ2) is 10.3. The highest BCUT2D eigenvalue weighted by Crippen LogP contribution is 2.31. The molecule has 1 N–H and O–H groups in total. The predicted octanol–water partition coefficient (Wildman–Crippen LogP) is 4.07. The molecule has 3 rings (SSSR count). The fraction of sp³-hybridized carbons (Fsp3) is 0.143. The predicted molar refractivity (Wildman–Crippen MR) is 126 cm³/mol. The number of pyridine rings is 1. The van der Waals surface area contributed by atoms with Gasteiger partial charge in [-0.3, -0.25) is 14.7 Å². The summed E-state index contributed by atoms with van der Waals surface area (Å²) in [6.07, 6.45) is 4.47. The number of benzene rings is 1. The molecule has 1 aliphatic heterocycles. The van der Waals surface area contributed by atoms with Gasteiger partial charge in [-0.25, -0.2) is 13.6 Å². The van der Waals surface area contributed by atoms with Crippen molar-refractivity contribution in [3.8, 4) is 5.88 Å². The van der Waals surface area contributed by atoms with Gasteiger partial charge in [-0.2, -0.15) is 4.99 Å². The number of amidine groups is 1. The number of aromatic nitrogens is 1. The Kier molecular flexibility index (Phi) is 7.49. The van der Waals surface area contributed by atoms with E-state index < -0.39 is 16.8 Å². The molecular formula is C21H19ClFN5O3S. The number of halogens is 2. The Labute approximate surface area is 191 Å². The summed E-state index contributed by atoms with van der Waals surface area (Å²) in [6, 6.07) is 6.05. The van der Waals surface area contributed by atoms with E-state index in [9.17, 15) is 4.21 Å². The number of hydrogen-bond donors (Lipinski definition) is 1. The summed E-state index contributed by atoms with van der Waals surface area (Å²) in [5.74, 6) is -0.00804. The lowest BCUT2D eigenvalue weighted by molar-refractivity contribution is 0.386. The van der Waals surface area contributed by atoms with Crippen LogP contribution in [0.3, 0.4) is 0 Å². The average molecular weight is 476 g/mol. The molecule has 32 heavy (non-hydrogen) atoms. The second-order valence-corrected chi connectivity index (χ2v) is 7.81. The number of hydrogen-bond acceptors (Lipinski definition) is 6. The van der Waals surface area contributed by atoms with E-state index in [1.807, 2.05) is 0 Å². The van der Waals surface area contributed by atoms with Gasteiger partial charge in [0.05, 0.1) is 24.9 Å². The average Bonchev–Trinajstić information content (AvgIpc) is 2.80. The first-order chi connectivity index (χ1) is 15.4. The molecule has 0 saturated heterocycles. The maximum atomic E-state index is 15.5. The van der Waals surface area contributed by atoms with Crippen LogP contribution in [0.5, 0.6) is 5.88 Å². The minimum atomic E-state index is -1.90. The number of aliphatic imine (C=N–C) groups is 3. The van der Waals surface area contributed by atoms with Crippen LogP contribution in [0.25, 0.3) is 5.57 Å². The zero-order valence-corrected chi connectivity index (χ0v) is 19.0. The molecule has 0 radical (unpaired) electrons. The summed E-state index contributed by atoms with van der Waals surface area (Å²) in [5.41, 5.74) is 1.06. The molecule has 0 spiro atoms. The molecule has 1 atom stereocenters. The maximum absolute atomic E-state index is 15.5. The van der Waals surface area contributed by atoms with Crippen molar-refractivity contribution < 1.29 is 18.1 Å². The first-order valence-electron chi connectivity index (χ1n) is 9.08. The molecule has 0 saturated carbocycles. The monoisotopic (exact) mass is 475 g/mol. The molecule has 1 aromatic carbocycles. The smallest absolute Gasteiger partial charge is 0.231 e. The fourth-order valence-corrected chi connectivity index (χ4v) is 4.11. The lowest BCUT2D eigenvalue weighted by Gasteiger charge is -2.18. The largest absolute Gasteiger partial charge is 0.480 e. The molecule has 2 aromatic rings. The van der Waals surface area contributed by atoms with Crippen LogP contribution >= 0.6 is 11.6 Å². The third kappa shape index (κ3) is 4.76. The van der Waals surface area contributed by atoms with Gasteiger partial charge in [0.25, 0.3) is 0 Å². The molecule has 8 nitrogen and oxygen atoms in total. The Hall–Kier alpha value is -3.37. The van der Waals surface area contributed by atoms with Gasteiger partial charge in [-0.1, -0.05) is 23.7 Å². The Bertz CT molecular complexity index is 1210. The maximum Gasteiger partial charge on any atom is 0.231 e. The summed E-state index contributed by atoms with van der Waals surface area (Å²) in [4.78, 5) is 16.3. The molecule has 1 unspecified atom stereocenters. The number of methoxy groups -OCH3 is 2.